The minimum Gasteiger partial charge on any atom is -0.349 e. The Balaban J connectivity index is 1.80. The van der Waals surface area contributed by atoms with Gasteiger partial charge in [-0.05, 0) is 18.6 Å². The minimum atomic E-state index is -0.120. The van der Waals surface area contributed by atoms with Crippen molar-refractivity contribution in [1.29, 1.82) is 0 Å². The topological polar surface area (TPSA) is 54.0 Å². The molecular formula is C11H15N3OS. The second-order valence-electron chi connectivity index (χ2n) is 3.92. The molecule has 1 aliphatic heterocycles. The van der Waals surface area contributed by atoms with E-state index in [9.17, 15) is 4.79 Å². The van der Waals surface area contributed by atoms with E-state index in [2.05, 4.69) is 28.2 Å². The van der Waals surface area contributed by atoms with E-state index in [4.69, 9.17) is 0 Å². The second-order valence-corrected chi connectivity index (χ2v) is 4.65. The van der Waals surface area contributed by atoms with Gasteiger partial charge in [-0.15, -0.1) is 0 Å². The Morgan fingerprint density at radius 1 is 1.62 bits per heavy atom. The summed E-state index contributed by atoms with van der Waals surface area (Å²) in [7, 11) is 0. The lowest BCUT2D eigenvalue weighted by Gasteiger charge is -2.10. The molecule has 0 spiro atoms. The van der Waals surface area contributed by atoms with E-state index in [0.717, 1.165) is 13.0 Å². The summed E-state index contributed by atoms with van der Waals surface area (Å²) < 4.78 is 0. The highest BCUT2D eigenvalue weighted by Gasteiger charge is 2.21. The zero-order valence-electron chi connectivity index (χ0n) is 8.89. The van der Waals surface area contributed by atoms with Crippen molar-refractivity contribution in [2.24, 2.45) is 0 Å². The first-order chi connectivity index (χ1) is 7.75. The molecule has 2 rings (SSSR count). The fourth-order valence-electron chi connectivity index (χ4n) is 1.76. The lowest BCUT2D eigenvalue weighted by molar-refractivity contribution is 0.0945. The van der Waals surface area contributed by atoms with E-state index in [1.807, 2.05) is 0 Å². The fraction of sp³-hybridized carbons (Fsp3) is 0.455. The Morgan fingerprint density at radius 2 is 2.50 bits per heavy atom. The van der Waals surface area contributed by atoms with Crippen LogP contribution in [0.15, 0.2) is 24.4 Å². The fourth-order valence-corrected chi connectivity index (χ4v) is 2.12. The van der Waals surface area contributed by atoms with Gasteiger partial charge in [0.2, 0.25) is 0 Å². The summed E-state index contributed by atoms with van der Waals surface area (Å²) >= 11 is 4.38. The van der Waals surface area contributed by atoms with Crippen molar-refractivity contribution in [3.63, 3.8) is 0 Å². The summed E-state index contributed by atoms with van der Waals surface area (Å²) in [5.41, 5.74) is 0.461. The number of nitrogens with zero attached hydrogens (tertiary/aromatic N) is 1. The first-order valence-corrected chi connectivity index (χ1v) is 5.88. The summed E-state index contributed by atoms with van der Waals surface area (Å²) in [6, 6.07) is 5.63. The first kappa shape index (κ1) is 11.4. The molecule has 1 saturated heterocycles. The highest BCUT2D eigenvalue weighted by atomic mass is 32.1. The molecule has 5 heteroatoms. The maximum Gasteiger partial charge on any atom is 0.269 e. The third-order valence-electron chi connectivity index (χ3n) is 2.61. The summed E-state index contributed by atoms with van der Waals surface area (Å²) in [6.07, 6.45) is 2.61. The summed E-state index contributed by atoms with van der Waals surface area (Å²) in [5, 5.41) is 6.56. The van der Waals surface area contributed by atoms with Gasteiger partial charge in [-0.2, -0.15) is 12.6 Å². The standard InChI is InChI=1S/C11H15N3OS/c15-11(10-3-1-2-4-12-10)14-6-8-5-9(16)7-13-8/h1-4,8-9,13,16H,5-7H2,(H,14,15)/t8-,9-/m0/s1. The number of hydrogen-bond donors (Lipinski definition) is 3. The highest BCUT2D eigenvalue weighted by molar-refractivity contribution is 7.81. The summed E-state index contributed by atoms with van der Waals surface area (Å²) in [6.45, 7) is 1.54. The molecule has 2 atom stereocenters. The summed E-state index contributed by atoms with van der Waals surface area (Å²) in [5.74, 6) is -0.120. The maximum atomic E-state index is 11.7. The van der Waals surface area contributed by atoms with Crippen LogP contribution in [0.25, 0.3) is 0 Å². The van der Waals surface area contributed by atoms with Crippen LogP contribution in [-0.4, -0.2) is 35.3 Å². The third-order valence-corrected chi connectivity index (χ3v) is 3.00. The molecule has 2 N–H and O–H groups in total. The van der Waals surface area contributed by atoms with Crippen LogP contribution in [0.4, 0.5) is 0 Å². The van der Waals surface area contributed by atoms with E-state index in [-0.39, 0.29) is 5.91 Å². The number of thiol groups is 1. The van der Waals surface area contributed by atoms with Crippen LogP contribution < -0.4 is 10.6 Å². The van der Waals surface area contributed by atoms with Crippen LogP contribution in [0.3, 0.4) is 0 Å². The van der Waals surface area contributed by atoms with Crippen LogP contribution in [-0.2, 0) is 0 Å². The number of rotatable bonds is 3. The van der Waals surface area contributed by atoms with Crippen LogP contribution in [0.1, 0.15) is 16.9 Å². The van der Waals surface area contributed by atoms with Gasteiger partial charge in [0.15, 0.2) is 0 Å². The van der Waals surface area contributed by atoms with Crippen molar-refractivity contribution in [1.82, 2.24) is 15.6 Å². The normalized spacial score (nSPS) is 24.3. The molecule has 4 nitrogen and oxygen atoms in total. The Kier molecular flexibility index (Phi) is 3.79. The van der Waals surface area contributed by atoms with Gasteiger partial charge in [0.25, 0.3) is 5.91 Å². The predicted octanol–water partition coefficient (Wildman–Crippen LogP) is 0.472. The minimum absolute atomic E-state index is 0.120. The number of hydrogen-bond acceptors (Lipinski definition) is 4. The third kappa shape index (κ3) is 2.96. The quantitative estimate of drug-likeness (QED) is 0.670. The monoisotopic (exact) mass is 237 g/mol. The van der Waals surface area contributed by atoms with E-state index >= 15 is 0 Å². The van der Waals surface area contributed by atoms with Crippen LogP contribution >= 0.6 is 12.6 Å². The van der Waals surface area contributed by atoms with Crippen molar-refractivity contribution in [3.8, 4) is 0 Å². The molecule has 0 unspecified atom stereocenters. The molecule has 16 heavy (non-hydrogen) atoms. The maximum absolute atomic E-state index is 11.7. The molecular weight excluding hydrogens is 222 g/mol. The number of nitrogens with one attached hydrogen (secondary N) is 2. The number of carbonyl (C=O) groups excluding carboxylic acids is 1. The SMILES string of the molecule is O=C(NC[C@@H]1C[C@H](S)CN1)c1ccccn1. The molecule has 2 heterocycles. The van der Waals surface area contributed by atoms with Gasteiger partial charge < -0.3 is 10.6 Å². The van der Waals surface area contributed by atoms with Crippen molar-refractivity contribution in [2.75, 3.05) is 13.1 Å². The smallest absolute Gasteiger partial charge is 0.269 e. The Morgan fingerprint density at radius 3 is 3.12 bits per heavy atom. The number of amides is 1. The van der Waals surface area contributed by atoms with Crippen molar-refractivity contribution in [2.45, 2.75) is 17.7 Å². The number of carbonyl (C=O) groups is 1. The van der Waals surface area contributed by atoms with E-state index < -0.39 is 0 Å². The van der Waals surface area contributed by atoms with E-state index in [0.29, 0.717) is 23.5 Å². The molecule has 1 aliphatic rings. The predicted molar refractivity (Wildman–Crippen MR) is 65.8 cm³/mol. The Hall–Kier alpha value is -1.07. The molecule has 0 aliphatic carbocycles. The zero-order chi connectivity index (χ0) is 11.4. The molecule has 1 fully saturated rings. The highest BCUT2D eigenvalue weighted by Crippen LogP contribution is 2.11. The molecule has 0 saturated carbocycles. The van der Waals surface area contributed by atoms with Crippen LogP contribution in [0, 0.1) is 0 Å². The summed E-state index contributed by atoms with van der Waals surface area (Å²) in [4.78, 5) is 15.7. The van der Waals surface area contributed by atoms with Gasteiger partial charge in [-0.1, -0.05) is 6.07 Å². The molecule has 1 aromatic heterocycles. The Labute approximate surface area is 100 Å². The largest absolute Gasteiger partial charge is 0.349 e. The van der Waals surface area contributed by atoms with Gasteiger partial charge in [-0.25, -0.2) is 0 Å². The average Bonchev–Trinajstić information content (AvgIpc) is 2.73. The van der Waals surface area contributed by atoms with Gasteiger partial charge in [0.05, 0.1) is 0 Å². The molecule has 86 valence electrons. The lowest BCUT2D eigenvalue weighted by Crippen LogP contribution is -2.37. The molecule has 0 aromatic carbocycles. The molecule has 0 bridgehead atoms. The number of aromatic nitrogens is 1. The molecule has 1 amide bonds. The lowest BCUT2D eigenvalue weighted by atomic mass is 10.2. The van der Waals surface area contributed by atoms with E-state index in [1.165, 1.54) is 0 Å². The van der Waals surface area contributed by atoms with Crippen molar-refractivity contribution >= 4 is 18.5 Å². The van der Waals surface area contributed by atoms with Gasteiger partial charge in [0.1, 0.15) is 5.69 Å². The van der Waals surface area contributed by atoms with Crippen molar-refractivity contribution < 1.29 is 4.79 Å². The van der Waals surface area contributed by atoms with Crippen LogP contribution in [0.2, 0.25) is 0 Å². The molecule has 0 radical (unpaired) electrons. The molecule has 1 aromatic rings. The van der Waals surface area contributed by atoms with Crippen LogP contribution in [0.5, 0.6) is 0 Å². The van der Waals surface area contributed by atoms with E-state index in [1.54, 1.807) is 24.4 Å². The average molecular weight is 237 g/mol. The van der Waals surface area contributed by atoms with Gasteiger partial charge in [0, 0.05) is 30.6 Å². The van der Waals surface area contributed by atoms with Crippen molar-refractivity contribution in [3.05, 3.63) is 30.1 Å². The zero-order valence-corrected chi connectivity index (χ0v) is 9.78. The second kappa shape index (κ2) is 5.32. The van der Waals surface area contributed by atoms with Gasteiger partial charge in [-0.3, -0.25) is 9.78 Å². The first-order valence-electron chi connectivity index (χ1n) is 5.36. The number of pyridine rings is 1. The Bertz CT molecular complexity index is 358. The van der Waals surface area contributed by atoms with Gasteiger partial charge >= 0.3 is 0 Å².